The van der Waals surface area contributed by atoms with Crippen LogP contribution < -0.4 is 5.32 Å². The van der Waals surface area contributed by atoms with Crippen molar-refractivity contribution in [1.29, 1.82) is 0 Å². The van der Waals surface area contributed by atoms with Gasteiger partial charge in [-0.05, 0) is 25.8 Å². The van der Waals surface area contributed by atoms with Gasteiger partial charge in [0.05, 0.1) is 13.0 Å². The van der Waals surface area contributed by atoms with Crippen molar-refractivity contribution in [2.75, 3.05) is 6.61 Å². The Kier molecular flexibility index (Phi) is 7.19. The summed E-state index contributed by atoms with van der Waals surface area (Å²) in [6.07, 6.45) is 2.48. The zero-order valence-electron chi connectivity index (χ0n) is 12.2. The maximum Gasteiger partial charge on any atom is 0.307 e. The molecule has 3 nitrogen and oxygen atoms in total. The molecule has 0 bridgehead atoms. The van der Waals surface area contributed by atoms with Crippen molar-refractivity contribution in [2.45, 2.75) is 52.1 Å². The van der Waals surface area contributed by atoms with Gasteiger partial charge in [-0.25, -0.2) is 0 Å². The van der Waals surface area contributed by atoms with Gasteiger partial charge in [-0.1, -0.05) is 43.7 Å². The molecule has 1 N–H and O–H groups in total. The molecule has 0 spiro atoms. The molecule has 19 heavy (non-hydrogen) atoms. The molecule has 1 aromatic carbocycles. The van der Waals surface area contributed by atoms with Gasteiger partial charge in [-0.3, -0.25) is 4.79 Å². The fraction of sp³-hybridized carbons (Fsp3) is 0.562. The Hall–Kier alpha value is -1.35. The Balaban J connectivity index is 2.55. The maximum atomic E-state index is 11.6. The Morgan fingerprint density at radius 2 is 1.95 bits per heavy atom. The van der Waals surface area contributed by atoms with Gasteiger partial charge in [0.2, 0.25) is 0 Å². The van der Waals surface area contributed by atoms with Crippen LogP contribution in [0.4, 0.5) is 0 Å². The van der Waals surface area contributed by atoms with Crippen LogP contribution in [-0.4, -0.2) is 18.6 Å². The summed E-state index contributed by atoms with van der Waals surface area (Å²) in [5, 5.41) is 3.52. The lowest BCUT2D eigenvalue weighted by molar-refractivity contribution is -0.143. The van der Waals surface area contributed by atoms with Crippen LogP contribution in [0.2, 0.25) is 0 Å². The van der Waals surface area contributed by atoms with Crippen molar-refractivity contribution in [3.05, 3.63) is 35.9 Å². The first-order valence-electron chi connectivity index (χ1n) is 7.14. The fourth-order valence-corrected chi connectivity index (χ4v) is 2.21. The molecule has 0 aliphatic heterocycles. The molecular weight excluding hydrogens is 238 g/mol. The van der Waals surface area contributed by atoms with Crippen LogP contribution in [0.3, 0.4) is 0 Å². The molecule has 0 aliphatic carbocycles. The molecule has 0 aromatic heterocycles. The normalized spacial score (nSPS) is 13.8. The third-order valence-corrected chi connectivity index (χ3v) is 3.14. The number of carbonyl (C=O) groups excluding carboxylic acids is 1. The van der Waals surface area contributed by atoms with E-state index < -0.39 is 0 Å². The van der Waals surface area contributed by atoms with Gasteiger partial charge >= 0.3 is 5.97 Å². The second kappa shape index (κ2) is 8.70. The van der Waals surface area contributed by atoms with Crippen LogP contribution in [0.5, 0.6) is 0 Å². The van der Waals surface area contributed by atoms with E-state index in [-0.39, 0.29) is 18.1 Å². The highest BCUT2D eigenvalue weighted by atomic mass is 16.5. The van der Waals surface area contributed by atoms with Crippen molar-refractivity contribution >= 4 is 5.97 Å². The smallest absolute Gasteiger partial charge is 0.307 e. The van der Waals surface area contributed by atoms with E-state index in [2.05, 4.69) is 31.3 Å². The summed E-state index contributed by atoms with van der Waals surface area (Å²) in [6, 6.07) is 10.7. The lowest BCUT2D eigenvalue weighted by Gasteiger charge is -2.22. The number of carbonyl (C=O) groups is 1. The van der Waals surface area contributed by atoms with E-state index in [1.807, 2.05) is 25.1 Å². The maximum absolute atomic E-state index is 11.6. The quantitative estimate of drug-likeness (QED) is 0.730. The minimum Gasteiger partial charge on any atom is -0.466 e. The molecule has 0 saturated carbocycles. The first-order valence-corrected chi connectivity index (χ1v) is 7.14. The molecule has 0 aliphatic rings. The molecule has 0 heterocycles. The number of esters is 1. The van der Waals surface area contributed by atoms with Crippen LogP contribution in [0, 0.1) is 0 Å². The van der Waals surface area contributed by atoms with Crippen LogP contribution in [0.15, 0.2) is 30.3 Å². The summed E-state index contributed by atoms with van der Waals surface area (Å²) in [7, 11) is 0. The Morgan fingerprint density at radius 3 is 2.53 bits per heavy atom. The largest absolute Gasteiger partial charge is 0.466 e. The number of hydrogen-bond donors (Lipinski definition) is 1. The van der Waals surface area contributed by atoms with E-state index in [4.69, 9.17) is 4.74 Å². The van der Waals surface area contributed by atoms with Crippen LogP contribution in [0.25, 0.3) is 0 Å². The molecule has 0 saturated heterocycles. The lowest BCUT2D eigenvalue weighted by Crippen LogP contribution is -2.34. The van der Waals surface area contributed by atoms with Gasteiger partial charge < -0.3 is 10.1 Å². The first-order chi connectivity index (χ1) is 9.17. The van der Waals surface area contributed by atoms with E-state index >= 15 is 0 Å². The van der Waals surface area contributed by atoms with E-state index in [1.165, 1.54) is 5.56 Å². The van der Waals surface area contributed by atoms with E-state index in [0.717, 1.165) is 12.8 Å². The summed E-state index contributed by atoms with van der Waals surface area (Å²) in [6.45, 7) is 6.55. The molecule has 1 aromatic rings. The second-order valence-electron chi connectivity index (χ2n) is 4.79. The Bertz CT molecular complexity index is 364. The van der Waals surface area contributed by atoms with Crippen molar-refractivity contribution < 1.29 is 9.53 Å². The van der Waals surface area contributed by atoms with Crippen molar-refractivity contribution in [1.82, 2.24) is 5.32 Å². The summed E-state index contributed by atoms with van der Waals surface area (Å²) in [5.74, 6) is -0.117. The summed E-state index contributed by atoms with van der Waals surface area (Å²) in [4.78, 5) is 11.6. The third-order valence-electron chi connectivity index (χ3n) is 3.14. The van der Waals surface area contributed by atoms with Crippen molar-refractivity contribution in [2.24, 2.45) is 0 Å². The van der Waals surface area contributed by atoms with E-state index in [1.54, 1.807) is 0 Å². The molecule has 106 valence electrons. The molecule has 3 heteroatoms. The highest BCUT2D eigenvalue weighted by Gasteiger charge is 2.16. The van der Waals surface area contributed by atoms with Gasteiger partial charge in [-0.15, -0.1) is 0 Å². The Morgan fingerprint density at radius 1 is 1.26 bits per heavy atom. The second-order valence-corrected chi connectivity index (χ2v) is 4.79. The first kappa shape index (κ1) is 15.7. The SMILES string of the molecule is CCC[C@H](CC(=O)OCC)N[C@H](C)c1ccccc1. The highest BCUT2D eigenvalue weighted by molar-refractivity contribution is 5.70. The Labute approximate surface area is 116 Å². The minimum absolute atomic E-state index is 0.117. The molecule has 0 unspecified atom stereocenters. The van der Waals surface area contributed by atoms with Crippen LogP contribution in [-0.2, 0) is 9.53 Å². The number of hydrogen-bond acceptors (Lipinski definition) is 3. The number of nitrogens with one attached hydrogen (secondary N) is 1. The van der Waals surface area contributed by atoms with Crippen molar-refractivity contribution in [3.8, 4) is 0 Å². The van der Waals surface area contributed by atoms with E-state index in [9.17, 15) is 4.79 Å². The number of benzene rings is 1. The summed E-state index contributed by atoms with van der Waals surface area (Å²) >= 11 is 0. The van der Waals surface area contributed by atoms with Gasteiger partial charge in [0.25, 0.3) is 0 Å². The molecule has 0 amide bonds. The topological polar surface area (TPSA) is 38.3 Å². The lowest BCUT2D eigenvalue weighted by atomic mass is 10.0. The zero-order valence-corrected chi connectivity index (χ0v) is 12.2. The molecule has 0 fully saturated rings. The fourth-order valence-electron chi connectivity index (χ4n) is 2.21. The predicted octanol–water partition coefficient (Wildman–Crippen LogP) is 3.46. The third kappa shape index (κ3) is 5.88. The average Bonchev–Trinajstić information content (AvgIpc) is 2.40. The minimum atomic E-state index is -0.117. The van der Waals surface area contributed by atoms with Crippen LogP contribution >= 0.6 is 0 Å². The molecule has 1 rings (SSSR count). The molecule has 0 radical (unpaired) electrons. The monoisotopic (exact) mass is 263 g/mol. The number of rotatable bonds is 8. The van der Waals surface area contributed by atoms with Gasteiger partial charge in [-0.2, -0.15) is 0 Å². The van der Waals surface area contributed by atoms with Crippen molar-refractivity contribution in [3.63, 3.8) is 0 Å². The summed E-state index contributed by atoms with van der Waals surface area (Å²) in [5.41, 5.74) is 1.24. The van der Waals surface area contributed by atoms with Gasteiger partial charge in [0, 0.05) is 12.1 Å². The van der Waals surface area contributed by atoms with Crippen LogP contribution in [0.1, 0.15) is 51.6 Å². The number of ether oxygens (including phenoxy) is 1. The van der Waals surface area contributed by atoms with E-state index in [0.29, 0.717) is 13.0 Å². The van der Waals surface area contributed by atoms with Gasteiger partial charge in [0.1, 0.15) is 0 Å². The standard InChI is InChI=1S/C16H25NO2/c1-4-9-15(12-16(18)19-5-2)17-13(3)14-10-7-6-8-11-14/h6-8,10-11,13,15,17H,4-5,9,12H2,1-3H3/t13-,15-/m1/s1. The average molecular weight is 263 g/mol. The predicted molar refractivity (Wildman–Crippen MR) is 77.9 cm³/mol. The highest BCUT2D eigenvalue weighted by Crippen LogP contribution is 2.15. The zero-order chi connectivity index (χ0) is 14.1. The molecular formula is C16H25NO2. The molecule has 2 atom stereocenters. The van der Waals surface area contributed by atoms with Gasteiger partial charge in [0.15, 0.2) is 0 Å². The summed E-state index contributed by atoms with van der Waals surface area (Å²) < 4.78 is 5.03.